The third-order valence-corrected chi connectivity index (χ3v) is 3.73. The average Bonchev–Trinajstić information content (AvgIpc) is 2.98. The molecule has 0 unspecified atom stereocenters. The second kappa shape index (κ2) is 7.44. The number of amides is 1. The molecule has 2 rings (SSSR count). The highest BCUT2D eigenvalue weighted by atomic mass is 32.1. The number of carboxylic acids is 1. The van der Waals surface area contributed by atoms with Gasteiger partial charge in [0.25, 0.3) is 5.91 Å². The zero-order valence-electron chi connectivity index (χ0n) is 11.2. The van der Waals surface area contributed by atoms with Crippen LogP contribution < -0.4 is 10.1 Å². The number of hydrogen-bond acceptors (Lipinski definition) is 4. The SMILES string of the molecule is O=C(O)c1ccc(C(=O)NCCCOc2ccccc2)s1. The smallest absolute Gasteiger partial charge is 0.345 e. The molecule has 5 nitrogen and oxygen atoms in total. The van der Waals surface area contributed by atoms with E-state index >= 15 is 0 Å². The van der Waals surface area contributed by atoms with Crippen LogP contribution >= 0.6 is 11.3 Å². The summed E-state index contributed by atoms with van der Waals surface area (Å²) in [5, 5.41) is 11.5. The average molecular weight is 305 g/mol. The van der Waals surface area contributed by atoms with Crippen LogP contribution in [0, 0.1) is 0 Å². The first-order chi connectivity index (χ1) is 10.2. The third-order valence-electron chi connectivity index (χ3n) is 2.66. The highest BCUT2D eigenvalue weighted by Crippen LogP contribution is 2.16. The van der Waals surface area contributed by atoms with E-state index in [-0.39, 0.29) is 10.8 Å². The van der Waals surface area contributed by atoms with E-state index in [4.69, 9.17) is 9.84 Å². The van der Waals surface area contributed by atoms with Gasteiger partial charge < -0.3 is 15.2 Å². The van der Waals surface area contributed by atoms with Crippen molar-refractivity contribution in [2.24, 2.45) is 0 Å². The number of carboxylic acid groups (broad SMARTS) is 1. The second-order valence-electron chi connectivity index (χ2n) is 4.24. The van der Waals surface area contributed by atoms with Crippen LogP contribution in [0.2, 0.25) is 0 Å². The molecule has 0 aliphatic heterocycles. The lowest BCUT2D eigenvalue weighted by Crippen LogP contribution is -2.24. The fourth-order valence-corrected chi connectivity index (χ4v) is 2.40. The molecule has 1 heterocycles. The van der Waals surface area contributed by atoms with Crippen molar-refractivity contribution < 1.29 is 19.4 Å². The summed E-state index contributed by atoms with van der Waals surface area (Å²) < 4.78 is 5.50. The van der Waals surface area contributed by atoms with Crippen molar-refractivity contribution in [2.75, 3.05) is 13.2 Å². The van der Waals surface area contributed by atoms with Crippen LogP contribution in [-0.2, 0) is 0 Å². The standard InChI is InChI=1S/C15H15NO4S/c17-14(12-7-8-13(21-12)15(18)19)16-9-4-10-20-11-5-2-1-3-6-11/h1-3,5-8H,4,9-10H2,(H,16,17)(H,18,19). The molecule has 0 bridgehead atoms. The molecular formula is C15H15NO4S. The Morgan fingerprint density at radius 2 is 1.81 bits per heavy atom. The Labute approximate surface area is 126 Å². The van der Waals surface area contributed by atoms with Crippen molar-refractivity contribution in [3.8, 4) is 5.75 Å². The molecule has 0 atom stereocenters. The van der Waals surface area contributed by atoms with Crippen molar-refractivity contribution in [1.29, 1.82) is 0 Å². The first-order valence-electron chi connectivity index (χ1n) is 6.46. The first-order valence-corrected chi connectivity index (χ1v) is 7.27. The van der Waals surface area contributed by atoms with Gasteiger partial charge in [0.15, 0.2) is 0 Å². The predicted octanol–water partition coefficient (Wildman–Crippen LogP) is 2.65. The van der Waals surface area contributed by atoms with E-state index < -0.39 is 5.97 Å². The zero-order chi connectivity index (χ0) is 15.1. The monoisotopic (exact) mass is 305 g/mol. The van der Waals surface area contributed by atoms with Crippen LogP contribution in [-0.4, -0.2) is 30.1 Å². The second-order valence-corrected chi connectivity index (χ2v) is 5.32. The largest absolute Gasteiger partial charge is 0.494 e. The maximum atomic E-state index is 11.8. The van der Waals surface area contributed by atoms with E-state index in [9.17, 15) is 9.59 Å². The van der Waals surface area contributed by atoms with E-state index in [1.807, 2.05) is 30.3 Å². The minimum Gasteiger partial charge on any atom is -0.494 e. The predicted molar refractivity (Wildman–Crippen MR) is 80.2 cm³/mol. The number of hydrogen-bond donors (Lipinski definition) is 2. The minimum absolute atomic E-state index is 0.160. The molecule has 1 aromatic heterocycles. The van der Waals surface area contributed by atoms with Gasteiger partial charge in [-0.05, 0) is 30.7 Å². The Morgan fingerprint density at radius 1 is 1.10 bits per heavy atom. The molecule has 0 aliphatic rings. The number of carbonyl (C=O) groups is 2. The van der Waals surface area contributed by atoms with Crippen molar-refractivity contribution in [3.63, 3.8) is 0 Å². The van der Waals surface area contributed by atoms with Gasteiger partial charge in [0.1, 0.15) is 10.6 Å². The molecule has 21 heavy (non-hydrogen) atoms. The summed E-state index contributed by atoms with van der Waals surface area (Å²) >= 11 is 0.967. The lowest BCUT2D eigenvalue weighted by molar-refractivity contribution is 0.0702. The van der Waals surface area contributed by atoms with Crippen LogP contribution in [0.3, 0.4) is 0 Å². The summed E-state index contributed by atoms with van der Waals surface area (Å²) in [6.45, 7) is 0.987. The van der Waals surface area contributed by atoms with Gasteiger partial charge in [-0.25, -0.2) is 4.79 Å². The number of nitrogens with one attached hydrogen (secondary N) is 1. The maximum absolute atomic E-state index is 11.8. The molecular weight excluding hydrogens is 290 g/mol. The molecule has 0 aliphatic carbocycles. The van der Waals surface area contributed by atoms with Crippen LogP contribution in [0.25, 0.3) is 0 Å². The molecule has 2 aromatic rings. The lowest BCUT2D eigenvalue weighted by atomic mass is 10.3. The summed E-state index contributed by atoms with van der Waals surface area (Å²) in [5.41, 5.74) is 0. The molecule has 0 spiro atoms. The van der Waals surface area contributed by atoms with E-state index in [1.54, 1.807) is 0 Å². The quantitative estimate of drug-likeness (QED) is 0.771. The van der Waals surface area contributed by atoms with Crippen molar-refractivity contribution >= 4 is 23.2 Å². The van der Waals surface area contributed by atoms with Gasteiger partial charge in [0.2, 0.25) is 0 Å². The molecule has 0 saturated carbocycles. The molecule has 0 fully saturated rings. The van der Waals surface area contributed by atoms with Crippen molar-refractivity contribution in [1.82, 2.24) is 5.32 Å². The topological polar surface area (TPSA) is 75.6 Å². The summed E-state index contributed by atoms with van der Waals surface area (Å²) in [5.74, 6) is -0.476. The number of carbonyl (C=O) groups excluding carboxylic acids is 1. The lowest BCUT2D eigenvalue weighted by Gasteiger charge is -2.06. The Balaban J connectivity index is 1.68. The Kier molecular flexibility index (Phi) is 5.34. The fourth-order valence-electron chi connectivity index (χ4n) is 1.64. The van der Waals surface area contributed by atoms with Gasteiger partial charge in [-0.15, -0.1) is 11.3 Å². The highest BCUT2D eigenvalue weighted by molar-refractivity contribution is 7.15. The Bertz CT molecular complexity index is 609. The molecule has 1 amide bonds. The van der Waals surface area contributed by atoms with Gasteiger partial charge in [-0.3, -0.25) is 4.79 Å². The van der Waals surface area contributed by atoms with Gasteiger partial charge in [-0.1, -0.05) is 18.2 Å². The van der Waals surface area contributed by atoms with Gasteiger partial charge in [0, 0.05) is 6.54 Å². The molecule has 0 saturated heterocycles. The van der Waals surface area contributed by atoms with Gasteiger partial charge in [-0.2, -0.15) is 0 Å². The summed E-state index contributed by atoms with van der Waals surface area (Å²) in [7, 11) is 0. The van der Waals surface area contributed by atoms with Crippen molar-refractivity contribution in [3.05, 3.63) is 52.2 Å². The normalized spacial score (nSPS) is 10.1. The van der Waals surface area contributed by atoms with Crippen LogP contribution in [0.15, 0.2) is 42.5 Å². The Morgan fingerprint density at radius 3 is 2.48 bits per heavy atom. The molecule has 110 valence electrons. The number of ether oxygens (including phenoxy) is 1. The van der Waals surface area contributed by atoms with E-state index in [0.717, 1.165) is 17.1 Å². The number of thiophene rings is 1. The maximum Gasteiger partial charge on any atom is 0.345 e. The van der Waals surface area contributed by atoms with Crippen LogP contribution in [0.5, 0.6) is 5.75 Å². The number of para-hydroxylation sites is 1. The molecule has 6 heteroatoms. The van der Waals surface area contributed by atoms with E-state index in [1.165, 1.54) is 12.1 Å². The number of aromatic carboxylic acids is 1. The molecule has 0 radical (unpaired) electrons. The van der Waals surface area contributed by atoms with E-state index in [2.05, 4.69) is 5.32 Å². The van der Waals surface area contributed by atoms with Crippen LogP contribution in [0.1, 0.15) is 25.8 Å². The minimum atomic E-state index is -1.02. The fraction of sp³-hybridized carbons (Fsp3) is 0.200. The highest BCUT2D eigenvalue weighted by Gasteiger charge is 2.12. The zero-order valence-corrected chi connectivity index (χ0v) is 12.1. The Hall–Kier alpha value is -2.34. The van der Waals surface area contributed by atoms with Gasteiger partial charge in [0.05, 0.1) is 11.5 Å². The summed E-state index contributed by atoms with van der Waals surface area (Å²) in [6, 6.07) is 12.4. The molecule has 1 aromatic carbocycles. The first kappa shape index (κ1) is 15.1. The van der Waals surface area contributed by atoms with Gasteiger partial charge >= 0.3 is 5.97 Å². The van der Waals surface area contributed by atoms with Crippen molar-refractivity contribution in [2.45, 2.75) is 6.42 Å². The third kappa shape index (κ3) is 4.61. The number of benzene rings is 1. The van der Waals surface area contributed by atoms with E-state index in [0.29, 0.717) is 24.4 Å². The van der Waals surface area contributed by atoms with Crippen LogP contribution in [0.4, 0.5) is 0 Å². The number of rotatable bonds is 7. The molecule has 2 N–H and O–H groups in total. The summed E-state index contributed by atoms with van der Waals surface area (Å²) in [6.07, 6.45) is 0.678. The summed E-state index contributed by atoms with van der Waals surface area (Å²) in [4.78, 5) is 23.1.